The molecule has 1 saturated heterocycles. The number of nitrogens with one attached hydrogen (secondary N) is 1. The van der Waals surface area contributed by atoms with Crippen molar-refractivity contribution in [3.8, 4) is 11.8 Å². The fourth-order valence-corrected chi connectivity index (χ4v) is 2.36. The number of amides is 2. The Bertz CT molecular complexity index is 685. The quantitative estimate of drug-likeness (QED) is 0.945. The van der Waals surface area contributed by atoms with Gasteiger partial charge in [0.1, 0.15) is 5.75 Å². The van der Waals surface area contributed by atoms with Crippen molar-refractivity contribution < 1.29 is 9.53 Å². The summed E-state index contributed by atoms with van der Waals surface area (Å²) in [6.07, 6.45) is 3.85. The van der Waals surface area contributed by atoms with Crippen LogP contribution in [0.1, 0.15) is 13.3 Å². The molecule has 6 heteroatoms. The molecule has 0 bridgehead atoms. The Hall–Kier alpha value is -2.89. The van der Waals surface area contributed by atoms with Crippen LogP contribution in [0.2, 0.25) is 0 Å². The molecule has 1 fully saturated rings. The van der Waals surface area contributed by atoms with Gasteiger partial charge in [0.2, 0.25) is 0 Å². The van der Waals surface area contributed by atoms with Crippen LogP contribution in [-0.4, -0.2) is 22.0 Å². The van der Waals surface area contributed by atoms with Crippen LogP contribution < -0.4 is 15.0 Å². The van der Waals surface area contributed by atoms with E-state index in [1.807, 2.05) is 37.3 Å². The molecule has 1 aliphatic rings. The van der Waals surface area contributed by atoms with Gasteiger partial charge >= 0.3 is 12.0 Å². The zero-order valence-corrected chi connectivity index (χ0v) is 12.2. The highest BCUT2D eigenvalue weighted by Crippen LogP contribution is 2.24. The number of hydrogen-bond donors (Lipinski definition) is 1. The summed E-state index contributed by atoms with van der Waals surface area (Å²) in [6, 6.07) is 9.32. The molecule has 6 nitrogen and oxygen atoms in total. The van der Waals surface area contributed by atoms with Gasteiger partial charge in [0.15, 0.2) is 0 Å². The Kier molecular flexibility index (Phi) is 3.74. The Balaban J connectivity index is 1.76. The molecule has 112 valence electrons. The predicted molar refractivity (Wildman–Crippen MR) is 82.8 cm³/mol. The van der Waals surface area contributed by atoms with Crippen LogP contribution in [0.4, 0.5) is 10.5 Å². The second-order valence-corrected chi connectivity index (χ2v) is 5.10. The molecule has 1 unspecified atom stereocenters. The predicted octanol–water partition coefficient (Wildman–Crippen LogP) is 3.09. The molecule has 0 saturated carbocycles. The fourth-order valence-electron chi connectivity index (χ4n) is 2.36. The van der Waals surface area contributed by atoms with Gasteiger partial charge in [-0.25, -0.2) is 14.8 Å². The van der Waals surface area contributed by atoms with Crippen LogP contribution in [-0.2, 0) is 0 Å². The molecule has 1 N–H and O–H groups in total. The molecule has 1 aromatic carbocycles. The van der Waals surface area contributed by atoms with Gasteiger partial charge in [-0.3, -0.25) is 4.90 Å². The normalized spacial score (nSPS) is 18.0. The standard InChI is InChI=1S/C16H16N4O2/c1-11-8-12(2)20(16(21)19-11)13-9-17-15(18-10-13)22-14-6-4-3-5-7-14/h3-7,9-10,12H,1,8H2,2H3,(H,19,21). The average Bonchev–Trinajstić information content (AvgIpc) is 2.49. The minimum absolute atomic E-state index is 0.00532. The molecule has 2 amide bonds. The molecule has 2 heterocycles. The molecule has 3 rings (SSSR count). The molecule has 1 aromatic heterocycles. The monoisotopic (exact) mass is 296 g/mol. The summed E-state index contributed by atoms with van der Waals surface area (Å²) in [5, 5.41) is 2.72. The highest BCUT2D eigenvalue weighted by atomic mass is 16.5. The summed E-state index contributed by atoms with van der Waals surface area (Å²) in [5.74, 6) is 0.663. The lowest BCUT2D eigenvalue weighted by Gasteiger charge is -2.34. The van der Waals surface area contributed by atoms with Crippen LogP contribution in [0.3, 0.4) is 0 Å². The maximum atomic E-state index is 12.1. The SMILES string of the molecule is C=C1CC(C)N(c2cnc(Oc3ccccc3)nc2)C(=O)N1. The van der Waals surface area contributed by atoms with Crippen LogP contribution >= 0.6 is 0 Å². The van der Waals surface area contributed by atoms with Crippen molar-refractivity contribution >= 4 is 11.7 Å². The summed E-state index contributed by atoms with van der Waals surface area (Å²) in [6.45, 7) is 5.75. The topological polar surface area (TPSA) is 67.3 Å². The van der Waals surface area contributed by atoms with E-state index >= 15 is 0 Å². The number of benzene rings is 1. The highest BCUT2D eigenvalue weighted by Gasteiger charge is 2.28. The largest absolute Gasteiger partial charge is 0.424 e. The summed E-state index contributed by atoms with van der Waals surface area (Å²) in [7, 11) is 0. The Morgan fingerprint density at radius 2 is 1.95 bits per heavy atom. The number of carbonyl (C=O) groups is 1. The molecular weight excluding hydrogens is 280 g/mol. The lowest BCUT2D eigenvalue weighted by atomic mass is 10.1. The van der Waals surface area contributed by atoms with Gasteiger partial charge < -0.3 is 10.1 Å². The molecule has 2 aromatic rings. The number of anilines is 1. The van der Waals surface area contributed by atoms with Gasteiger partial charge in [-0.2, -0.15) is 0 Å². The minimum atomic E-state index is -0.218. The van der Waals surface area contributed by atoms with E-state index in [1.54, 1.807) is 17.3 Å². The summed E-state index contributed by atoms with van der Waals surface area (Å²) in [5.41, 5.74) is 1.34. The van der Waals surface area contributed by atoms with Crippen LogP contribution in [0.25, 0.3) is 0 Å². The molecule has 1 atom stereocenters. The van der Waals surface area contributed by atoms with Gasteiger partial charge in [0, 0.05) is 18.2 Å². The van der Waals surface area contributed by atoms with Gasteiger partial charge in [-0.05, 0) is 19.1 Å². The second-order valence-electron chi connectivity index (χ2n) is 5.10. The van der Waals surface area contributed by atoms with Crippen molar-refractivity contribution in [2.24, 2.45) is 0 Å². The van der Waals surface area contributed by atoms with E-state index in [-0.39, 0.29) is 18.1 Å². The first-order valence-corrected chi connectivity index (χ1v) is 6.96. The first-order chi connectivity index (χ1) is 10.6. The summed E-state index contributed by atoms with van der Waals surface area (Å²) < 4.78 is 5.54. The van der Waals surface area contributed by atoms with Gasteiger partial charge in [-0.15, -0.1) is 0 Å². The van der Waals surface area contributed by atoms with E-state index in [0.717, 1.165) is 5.70 Å². The van der Waals surface area contributed by atoms with Crippen LogP contribution in [0.15, 0.2) is 55.0 Å². The van der Waals surface area contributed by atoms with Crippen molar-refractivity contribution in [2.75, 3.05) is 4.90 Å². The smallest absolute Gasteiger partial charge is 0.326 e. The maximum absolute atomic E-state index is 12.1. The van der Waals surface area contributed by atoms with Gasteiger partial charge in [0.05, 0.1) is 18.1 Å². The zero-order chi connectivity index (χ0) is 15.5. The van der Waals surface area contributed by atoms with Gasteiger partial charge in [-0.1, -0.05) is 24.8 Å². The van der Waals surface area contributed by atoms with Crippen molar-refractivity contribution in [2.45, 2.75) is 19.4 Å². The first kappa shape index (κ1) is 14.1. The molecule has 0 spiro atoms. The zero-order valence-electron chi connectivity index (χ0n) is 12.2. The molecule has 22 heavy (non-hydrogen) atoms. The number of aromatic nitrogens is 2. The van der Waals surface area contributed by atoms with E-state index < -0.39 is 0 Å². The van der Waals surface area contributed by atoms with Crippen LogP contribution in [0.5, 0.6) is 11.8 Å². The van der Waals surface area contributed by atoms with Crippen molar-refractivity contribution in [3.63, 3.8) is 0 Å². The van der Waals surface area contributed by atoms with Crippen LogP contribution in [0, 0.1) is 0 Å². The summed E-state index contributed by atoms with van der Waals surface area (Å²) >= 11 is 0. The lowest BCUT2D eigenvalue weighted by Crippen LogP contribution is -2.50. The molecule has 0 radical (unpaired) electrons. The third-order valence-corrected chi connectivity index (χ3v) is 3.33. The Morgan fingerprint density at radius 3 is 2.59 bits per heavy atom. The lowest BCUT2D eigenvalue weighted by molar-refractivity contribution is 0.243. The molecule has 1 aliphatic heterocycles. The van der Waals surface area contributed by atoms with E-state index in [2.05, 4.69) is 21.9 Å². The average molecular weight is 296 g/mol. The Labute approximate surface area is 128 Å². The second kappa shape index (κ2) is 5.85. The first-order valence-electron chi connectivity index (χ1n) is 6.96. The summed E-state index contributed by atoms with van der Waals surface area (Å²) in [4.78, 5) is 22.0. The number of ether oxygens (including phenoxy) is 1. The number of urea groups is 1. The van der Waals surface area contributed by atoms with Crippen molar-refractivity contribution in [1.29, 1.82) is 0 Å². The van der Waals surface area contributed by atoms with E-state index in [1.165, 1.54) is 0 Å². The number of hydrogen-bond acceptors (Lipinski definition) is 4. The fraction of sp³-hybridized carbons (Fsp3) is 0.188. The van der Waals surface area contributed by atoms with E-state index in [4.69, 9.17) is 4.74 Å². The third kappa shape index (κ3) is 2.90. The number of rotatable bonds is 3. The number of para-hydroxylation sites is 1. The number of nitrogens with zero attached hydrogens (tertiary/aromatic N) is 3. The minimum Gasteiger partial charge on any atom is -0.424 e. The van der Waals surface area contributed by atoms with Gasteiger partial charge in [0.25, 0.3) is 0 Å². The van der Waals surface area contributed by atoms with E-state index in [0.29, 0.717) is 17.9 Å². The highest BCUT2D eigenvalue weighted by molar-refractivity contribution is 5.94. The third-order valence-electron chi connectivity index (χ3n) is 3.33. The maximum Gasteiger partial charge on any atom is 0.326 e. The molecule has 0 aliphatic carbocycles. The number of carbonyl (C=O) groups excluding carboxylic acids is 1. The van der Waals surface area contributed by atoms with E-state index in [9.17, 15) is 4.79 Å². The Morgan fingerprint density at radius 1 is 1.27 bits per heavy atom. The molecular formula is C16H16N4O2. The van der Waals surface area contributed by atoms with Crippen molar-refractivity contribution in [3.05, 3.63) is 55.0 Å². The van der Waals surface area contributed by atoms with Crippen molar-refractivity contribution in [1.82, 2.24) is 15.3 Å².